The molecule has 1 aromatic rings. The van der Waals surface area contributed by atoms with E-state index in [4.69, 9.17) is 0 Å². The number of carbonyl (C=O) groups excluding carboxylic acids is 1. The van der Waals surface area contributed by atoms with Gasteiger partial charge in [-0.2, -0.15) is 0 Å². The Morgan fingerprint density at radius 3 is 2.60 bits per heavy atom. The highest BCUT2D eigenvalue weighted by atomic mass is 16.3. The molecule has 2 atom stereocenters. The third-order valence-electron chi connectivity index (χ3n) is 2.81. The first-order valence-corrected chi connectivity index (χ1v) is 5.24. The molecule has 80 valence electrons. The second-order valence-electron chi connectivity index (χ2n) is 4.02. The first kappa shape index (κ1) is 10.2. The molecule has 1 aromatic carbocycles. The van der Waals surface area contributed by atoms with Crippen molar-refractivity contribution in [2.75, 3.05) is 11.9 Å². The van der Waals surface area contributed by atoms with Crippen LogP contribution in [0.15, 0.2) is 30.3 Å². The number of nitrogens with one attached hydrogen (secondary N) is 1. The zero-order valence-electron chi connectivity index (χ0n) is 8.52. The third kappa shape index (κ3) is 2.57. The average molecular weight is 205 g/mol. The number of aliphatic hydroxyl groups excluding tert-OH is 1. The van der Waals surface area contributed by atoms with E-state index in [1.54, 1.807) is 0 Å². The normalized spacial score (nSPS) is 25.5. The number of rotatable bonds is 3. The van der Waals surface area contributed by atoms with Crippen LogP contribution < -0.4 is 5.32 Å². The fourth-order valence-corrected chi connectivity index (χ4v) is 1.92. The molecule has 3 heteroatoms. The van der Waals surface area contributed by atoms with Gasteiger partial charge in [-0.25, -0.2) is 0 Å². The van der Waals surface area contributed by atoms with Crippen LogP contribution in [0.2, 0.25) is 0 Å². The Kier molecular flexibility index (Phi) is 3.02. The van der Waals surface area contributed by atoms with Crippen LogP contribution in [-0.2, 0) is 4.79 Å². The maximum Gasteiger partial charge on any atom is 0.135 e. The van der Waals surface area contributed by atoms with Crippen molar-refractivity contribution in [2.45, 2.75) is 18.9 Å². The summed E-state index contributed by atoms with van der Waals surface area (Å²) >= 11 is 0. The number of hydrogen-bond donors (Lipinski definition) is 2. The summed E-state index contributed by atoms with van der Waals surface area (Å²) in [6.07, 6.45) is 0.357. The molecule has 0 aromatic heterocycles. The van der Waals surface area contributed by atoms with E-state index in [-0.39, 0.29) is 11.7 Å². The first-order chi connectivity index (χ1) is 7.25. The second kappa shape index (κ2) is 4.45. The molecule has 1 aliphatic rings. The lowest BCUT2D eigenvalue weighted by atomic mass is 10.1. The summed E-state index contributed by atoms with van der Waals surface area (Å²) in [5, 5.41) is 12.8. The summed E-state index contributed by atoms with van der Waals surface area (Å²) in [5.41, 5.74) is 1.03. The monoisotopic (exact) mass is 205 g/mol. The van der Waals surface area contributed by atoms with Crippen molar-refractivity contribution in [3.05, 3.63) is 30.3 Å². The van der Waals surface area contributed by atoms with Crippen LogP contribution in [0.4, 0.5) is 5.69 Å². The Balaban J connectivity index is 1.86. The van der Waals surface area contributed by atoms with Crippen molar-refractivity contribution in [1.82, 2.24) is 0 Å². The number of Topliss-reactive ketones (excluding diaryl/α,β-unsaturated/α-hetero) is 1. The van der Waals surface area contributed by atoms with E-state index in [9.17, 15) is 9.90 Å². The zero-order valence-corrected chi connectivity index (χ0v) is 8.52. The molecule has 0 aliphatic heterocycles. The summed E-state index contributed by atoms with van der Waals surface area (Å²) in [4.78, 5) is 11.1. The van der Waals surface area contributed by atoms with Crippen LogP contribution >= 0.6 is 0 Å². The Labute approximate surface area is 89.1 Å². The maximum absolute atomic E-state index is 11.1. The van der Waals surface area contributed by atoms with Crippen LogP contribution in [0, 0.1) is 5.92 Å². The molecule has 0 spiro atoms. The maximum atomic E-state index is 11.1. The van der Waals surface area contributed by atoms with Gasteiger partial charge in [0, 0.05) is 31.0 Å². The summed E-state index contributed by atoms with van der Waals surface area (Å²) in [6, 6.07) is 9.82. The van der Waals surface area contributed by atoms with Crippen molar-refractivity contribution >= 4 is 11.5 Å². The van der Waals surface area contributed by atoms with Gasteiger partial charge in [0.2, 0.25) is 0 Å². The second-order valence-corrected chi connectivity index (χ2v) is 4.02. The molecule has 0 heterocycles. The van der Waals surface area contributed by atoms with Gasteiger partial charge < -0.3 is 10.4 Å². The molecule has 0 amide bonds. The predicted molar refractivity (Wildman–Crippen MR) is 58.7 cm³/mol. The molecule has 0 saturated heterocycles. The molecular formula is C12H15NO2. The van der Waals surface area contributed by atoms with Crippen molar-refractivity contribution in [1.29, 1.82) is 0 Å². The van der Waals surface area contributed by atoms with E-state index in [1.165, 1.54) is 0 Å². The molecule has 2 N–H and O–H groups in total. The van der Waals surface area contributed by atoms with Gasteiger partial charge in [0.15, 0.2) is 0 Å². The van der Waals surface area contributed by atoms with Crippen molar-refractivity contribution < 1.29 is 9.90 Å². The van der Waals surface area contributed by atoms with Crippen LogP contribution in [0.1, 0.15) is 12.8 Å². The molecule has 0 radical (unpaired) electrons. The number of para-hydroxylation sites is 1. The Morgan fingerprint density at radius 1 is 1.27 bits per heavy atom. The molecule has 15 heavy (non-hydrogen) atoms. The smallest absolute Gasteiger partial charge is 0.135 e. The van der Waals surface area contributed by atoms with Crippen molar-refractivity contribution in [3.8, 4) is 0 Å². The SMILES string of the molecule is O=C1C[C@@H](CNc2ccccc2)[C@H](O)C1. The topological polar surface area (TPSA) is 49.3 Å². The molecule has 3 nitrogen and oxygen atoms in total. The highest BCUT2D eigenvalue weighted by Crippen LogP contribution is 2.23. The van der Waals surface area contributed by atoms with Gasteiger partial charge in [-0.3, -0.25) is 4.79 Å². The van der Waals surface area contributed by atoms with Gasteiger partial charge >= 0.3 is 0 Å². The minimum Gasteiger partial charge on any atom is -0.392 e. The number of hydrogen-bond acceptors (Lipinski definition) is 3. The van der Waals surface area contributed by atoms with Crippen LogP contribution in [0.3, 0.4) is 0 Å². The van der Waals surface area contributed by atoms with Crippen LogP contribution in [0.5, 0.6) is 0 Å². The first-order valence-electron chi connectivity index (χ1n) is 5.24. The van der Waals surface area contributed by atoms with E-state index in [0.29, 0.717) is 19.4 Å². The lowest BCUT2D eigenvalue weighted by Crippen LogP contribution is -2.21. The quantitative estimate of drug-likeness (QED) is 0.785. The molecular weight excluding hydrogens is 190 g/mol. The third-order valence-corrected chi connectivity index (χ3v) is 2.81. The zero-order chi connectivity index (χ0) is 10.7. The number of benzene rings is 1. The Morgan fingerprint density at radius 2 is 2.00 bits per heavy atom. The number of aliphatic hydroxyl groups is 1. The molecule has 1 fully saturated rings. The molecule has 2 rings (SSSR count). The largest absolute Gasteiger partial charge is 0.392 e. The van der Waals surface area contributed by atoms with Gasteiger partial charge in [0.25, 0.3) is 0 Å². The van der Waals surface area contributed by atoms with Gasteiger partial charge in [0.05, 0.1) is 6.10 Å². The minimum absolute atomic E-state index is 0.0673. The lowest BCUT2D eigenvalue weighted by Gasteiger charge is -2.14. The predicted octanol–water partition coefficient (Wildman–Crippen LogP) is 1.44. The average Bonchev–Trinajstić information content (AvgIpc) is 2.56. The van der Waals surface area contributed by atoms with Crippen molar-refractivity contribution in [2.24, 2.45) is 5.92 Å². The Bertz CT molecular complexity index is 337. The summed E-state index contributed by atoms with van der Waals surface area (Å²) in [7, 11) is 0. The van der Waals surface area contributed by atoms with Crippen LogP contribution in [0.25, 0.3) is 0 Å². The van der Waals surface area contributed by atoms with E-state index >= 15 is 0 Å². The summed E-state index contributed by atoms with van der Waals surface area (Å²) in [6.45, 7) is 0.664. The summed E-state index contributed by atoms with van der Waals surface area (Å²) in [5.74, 6) is 0.236. The highest BCUT2D eigenvalue weighted by Gasteiger charge is 2.30. The number of carbonyl (C=O) groups is 1. The van der Waals surface area contributed by atoms with Gasteiger partial charge in [-0.1, -0.05) is 18.2 Å². The van der Waals surface area contributed by atoms with E-state index in [2.05, 4.69) is 5.32 Å². The molecule has 1 saturated carbocycles. The highest BCUT2D eigenvalue weighted by molar-refractivity contribution is 5.81. The van der Waals surface area contributed by atoms with E-state index < -0.39 is 6.10 Å². The number of ketones is 1. The summed E-state index contributed by atoms with van der Waals surface area (Å²) < 4.78 is 0. The van der Waals surface area contributed by atoms with Gasteiger partial charge in [-0.15, -0.1) is 0 Å². The molecule has 0 bridgehead atoms. The van der Waals surface area contributed by atoms with Gasteiger partial charge in [0.1, 0.15) is 5.78 Å². The van der Waals surface area contributed by atoms with Gasteiger partial charge in [-0.05, 0) is 12.1 Å². The fourth-order valence-electron chi connectivity index (χ4n) is 1.92. The molecule has 1 aliphatic carbocycles. The van der Waals surface area contributed by atoms with E-state index in [0.717, 1.165) is 5.69 Å². The van der Waals surface area contributed by atoms with Crippen molar-refractivity contribution in [3.63, 3.8) is 0 Å². The number of anilines is 1. The molecule has 0 unspecified atom stereocenters. The Hall–Kier alpha value is -1.35. The lowest BCUT2D eigenvalue weighted by molar-refractivity contribution is -0.117. The standard InChI is InChI=1S/C12H15NO2/c14-11-6-9(12(15)7-11)8-13-10-4-2-1-3-5-10/h1-5,9,12-13,15H,6-8H2/t9-,12+/m0/s1. The van der Waals surface area contributed by atoms with E-state index in [1.807, 2.05) is 30.3 Å². The van der Waals surface area contributed by atoms with Crippen LogP contribution in [-0.4, -0.2) is 23.5 Å². The fraction of sp³-hybridized carbons (Fsp3) is 0.417. The minimum atomic E-state index is -0.464.